The lowest BCUT2D eigenvalue weighted by molar-refractivity contribution is 0.0827. The topological polar surface area (TPSA) is 28.6 Å². The number of hydrogen-bond acceptors (Lipinski definition) is 4. The van der Waals surface area contributed by atoms with Crippen molar-refractivity contribution in [2.75, 3.05) is 38.7 Å². The molecule has 1 aromatic carbocycles. The Bertz CT molecular complexity index is 670. The van der Waals surface area contributed by atoms with E-state index in [2.05, 4.69) is 40.0 Å². The summed E-state index contributed by atoms with van der Waals surface area (Å²) in [4.78, 5) is 9.55. The van der Waals surface area contributed by atoms with Crippen LogP contribution in [0.5, 0.6) is 5.75 Å². The van der Waals surface area contributed by atoms with Gasteiger partial charge in [0.2, 0.25) is 0 Å². The summed E-state index contributed by atoms with van der Waals surface area (Å²) in [6.07, 6.45) is 2.00. The number of pyridine rings is 1. The molecule has 0 unspecified atom stereocenters. The number of benzene rings is 1. The molecule has 0 radical (unpaired) electrons. The van der Waals surface area contributed by atoms with Crippen molar-refractivity contribution in [3.05, 3.63) is 42.6 Å². The Morgan fingerprint density at radius 3 is 2.73 bits per heavy atom. The molecule has 0 saturated carbocycles. The lowest BCUT2D eigenvalue weighted by Crippen LogP contribution is -2.52. The molecule has 0 N–H and O–H groups in total. The first-order valence-electron chi connectivity index (χ1n) is 7.80. The van der Waals surface area contributed by atoms with Crippen molar-refractivity contribution in [3.63, 3.8) is 0 Å². The monoisotopic (exact) mass is 295 g/mol. The van der Waals surface area contributed by atoms with Gasteiger partial charge in [0, 0.05) is 37.2 Å². The average Bonchev–Trinajstić information content (AvgIpc) is 2.92. The number of likely N-dealkylation sites (tertiary alicyclic amines) is 1. The molecule has 3 heterocycles. The number of ether oxygens (including phenoxy) is 1. The minimum absolute atomic E-state index is 0.734. The minimum Gasteiger partial charge on any atom is -0.497 e. The van der Waals surface area contributed by atoms with E-state index in [0.29, 0.717) is 0 Å². The first kappa shape index (κ1) is 13.6. The first-order valence-corrected chi connectivity index (χ1v) is 7.80. The zero-order chi connectivity index (χ0) is 15.1. The van der Waals surface area contributed by atoms with E-state index in [-0.39, 0.29) is 0 Å². The van der Waals surface area contributed by atoms with Crippen molar-refractivity contribution in [2.24, 2.45) is 5.92 Å². The lowest BCUT2D eigenvalue weighted by atomic mass is 9.93. The Balaban J connectivity index is 1.53. The molecular formula is C18H21N3O. The molecule has 4 heteroatoms. The summed E-state index contributed by atoms with van der Waals surface area (Å²) < 4.78 is 5.28. The Morgan fingerprint density at radius 2 is 2.05 bits per heavy atom. The Labute approximate surface area is 131 Å². The molecule has 0 aliphatic carbocycles. The highest BCUT2D eigenvalue weighted by Crippen LogP contribution is 2.34. The van der Waals surface area contributed by atoms with Gasteiger partial charge in [0.15, 0.2) is 0 Å². The number of aromatic nitrogens is 1. The molecule has 2 saturated heterocycles. The largest absolute Gasteiger partial charge is 0.497 e. The van der Waals surface area contributed by atoms with Gasteiger partial charge in [-0.05, 0) is 31.3 Å². The molecule has 4 rings (SSSR count). The van der Waals surface area contributed by atoms with E-state index < -0.39 is 0 Å². The molecule has 4 nitrogen and oxygen atoms in total. The van der Waals surface area contributed by atoms with Crippen LogP contribution in [0.2, 0.25) is 0 Å². The Hall–Kier alpha value is -2.07. The smallest absolute Gasteiger partial charge is 0.119 e. The summed E-state index contributed by atoms with van der Waals surface area (Å²) in [5.74, 6) is 1.70. The summed E-state index contributed by atoms with van der Waals surface area (Å²) in [7, 11) is 3.91. The third-order valence-corrected chi connectivity index (χ3v) is 4.97. The SMILES string of the molecule is COc1cccc(-c2ccc(N3C[C@H]4CN(C)[C@H]4C3)cn2)c1. The van der Waals surface area contributed by atoms with E-state index in [4.69, 9.17) is 4.74 Å². The summed E-state index contributed by atoms with van der Waals surface area (Å²) in [6.45, 7) is 3.52. The second kappa shape index (κ2) is 5.29. The third kappa shape index (κ3) is 2.24. The van der Waals surface area contributed by atoms with E-state index in [0.717, 1.165) is 42.1 Å². The number of anilines is 1. The fraction of sp³-hybridized carbons (Fsp3) is 0.389. The number of rotatable bonds is 3. The van der Waals surface area contributed by atoms with Crippen molar-refractivity contribution in [1.82, 2.24) is 9.88 Å². The quantitative estimate of drug-likeness (QED) is 0.870. The second-order valence-corrected chi connectivity index (χ2v) is 6.31. The molecule has 2 atom stereocenters. The van der Waals surface area contributed by atoms with E-state index in [9.17, 15) is 0 Å². The molecule has 2 aliphatic rings. The van der Waals surface area contributed by atoms with Gasteiger partial charge in [0.05, 0.1) is 24.7 Å². The van der Waals surface area contributed by atoms with Gasteiger partial charge in [-0.15, -0.1) is 0 Å². The van der Waals surface area contributed by atoms with Crippen LogP contribution in [0.25, 0.3) is 11.3 Å². The van der Waals surface area contributed by atoms with Gasteiger partial charge in [0.1, 0.15) is 5.75 Å². The van der Waals surface area contributed by atoms with Crippen molar-refractivity contribution in [2.45, 2.75) is 6.04 Å². The van der Waals surface area contributed by atoms with E-state index in [1.165, 1.54) is 12.2 Å². The van der Waals surface area contributed by atoms with Crippen molar-refractivity contribution in [3.8, 4) is 17.0 Å². The molecule has 0 spiro atoms. The predicted octanol–water partition coefficient (Wildman–Crippen LogP) is 2.51. The van der Waals surface area contributed by atoms with Crippen LogP contribution in [0.1, 0.15) is 0 Å². The highest BCUT2D eigenvalue weighted by Gasteiger charge is 2.43. The maximum Gasteiger partial charge on any atom is 0.119 e. The van der Waals surface area contributed by atoms with E-state index >= 15 is 0 Å². The number of methoxy groups -OCH3 is 1. The van der Waals surface area contributed by atoms with Crippen LogP contribution in [-0.2, 0) is 0 Å². The van der Waals surface area contributed by atoms with Gasteiger partial charge in [-0.2, -0.15) is 0 Å². The normalized spacial score (nSPS) is 24.0. The van der Waals surface area contributed by atoms with Crippen LogP contribution < -0.4 is 9.64 Å². The minimum atomic E-state index is 0.734. The van der Waals surface area contributed by atoms with E-state index in [1.807, 2.05) is 24.4 Å². The van der Waals surface area contributed by atoms with Crippen LogP contribution in [0, 0.1) is 5.92 Å². The lowest BCUT2D eigenvalue weighted by Gasteiger charge is -2.40. The molecule has 2 aliphatic heterocycles. The molecule has 0 amide bonds. The maximum absolute atomic E-state index is 5.28. The summed E-state index contributed by atoms with van der Waals surface area (Å²) in [5, 5.41) is 0. The number of nitrogens with zero attached hydrogens (tertiary/aromatic N) is 3. The number of fused-ring (bicyclic) bond motifs is 1. The zero-order valence-corrected chi connectivity index (χ0v) is 13.1. The standard InChI is InChI=1S/C18H21N3O/c1-20-10-14-11-21(12-18(14)20)15-6-7-17(19-9-15)13-4-3-5-16(8-13)22-2/h3-9,14,18H,10-12H2,1-2H3/t14-,18+/m1/s1. The molecule has 114 valence electrons. The van der Waals surface area contributed by atoms with Crippen LogP contribution in [0.15, 0.2) is 42.6 Å². The third-order valence-electron chi connectivity index (χ3n) is 4.97. The predicted molar refractivity (Wildman–Crippen MR) is 88.3 cm³/mol. The molecule has 2 fully saturated rings. The molecule has 0 bridgehead atoms. The molecule has 1 aromatic heterocycles. The fourth-order valence-electron chi connectivity index (χ4n) is 3.64. The average molecular weight is 295 g/mol. The van der Waals surface area contributed by atoms with Gasteiger partial charge in [-0.1, -0.05) is 12.1 Å². The van der Waals surface area contributed by atoms with Gasteiger partial charge >= 0.3 is 0 Å². The van der Waals surface area contributed by atoms with Gasteiger partial charge in [0.25, 0.3) is 0 Å². The van der Waals surface area contributed by atoms with Gasteiger partial charge in [-0.25, -0.2) is 0 Å². The van der Waals surface area contributed by atoms with Crippen molar-refractivity contribution >= 4 is 5.69 Å². The van der Waals surface area contributed by atoms with E-state index in [1.54, 1.807) is 7.11 Å². The summed E-state index contributed by atoms with van der Waals surface area (Å²) >= 11 is 0. The van der Waals surface area contributed by atoms with Gasteiger partial charge < -0.3 is 14.5 Å². The maximum atomic E-state index is 5.28. The Kier molecular flexibility index (Phi) is 3.26. The highest BCUT2D eigenvalue weighted by atomic mass is 16.5. The molecule has 2 aromatic rings. The first-order chi connectivity index (χ1) is 10.7. The van der Waals surface area contributed by atoms with Crippen molar-refractivity contribution in [1.29, 1.82) is 0 Å². The fourth-order valence-corrected chi connectivity index (χ4v) is 3.64. The molecular weight excluding hydrogens is 274 g/mol. The molecule has 22 heavy (non-hydrogen) atoms. The number of hydrogen-bond donors (Lipinski definition) is 0. The summed E-state index contributed by atoms with van der Waals surface area (Å²) in [5.41, 5.74) is 3.31. The second-order valence-electron chi connectivity index (χ2n) is 6.31. The van der Waals surface area contributed by atoms with Crippen LogP contribution >= 0.6 is 0 Å². The van der Waals surface area contributed by atoms with Crippen LogP contribution in [0.4, 0.5) is 5.69 Å². The Morgan fingerprint density at radius 1 is 1.14 bits per heavy atom. The van der Waals surface area contributed by atoms with Crippen LogP contribution in [-0.4, -0.2) is 49.7 Å². The summed E-state index contributed by atoms with van der Waals surface area (Å²) in [6, 6.07) is 13.1. The highest BCUT2D eigenvalue weighted by molar-refractivity contribution is 5.63. The zero-order valence-electron chi connectivity index (χ0n) is 13.1. The van der Waals surface area contributed by atoms with Crippen LogP contribution in [0.3, 0.4) is 0 Å². The van der Waals surface area contributed by atoms with Crippen molar-refractivity contribution < 1.29 is 4.74 Å². The number of likely N-dealkylation sites (N-methyl/N-ethyl adjacent to an activating group) is 1. The van der Waals surface area contributed by atoms with Gasteiger partial charge in [-0.3, -0.25) is 4.98 Å².